The van der Waals surface area contributed by atoms with E-state index in [1.807, 2.05) is 25.1 Å². The molecule has 1 aliphatic heterocycles. The van der Waals surface area contributed by atoms with Gasteiger partial charge in [0.2, 0.25) is 0 Å². The Hall–Kier alpha value is -1.36. The summed E-state index contributed by atoms with van der Waals surface area (Å²) in [5.41, 5.74) is 0.858. The number of hydrogen-bond acceptors (Lipinski definition) is 5. The Morgan fingerprint density at radius 2 is 2.39 bits per heavy atom. The molecule has 18 heavy (non-hydrogen) atoms. The fourth-order valence-electron chi connectivity index (χ4n) is 1.80. The summed E-state index contributed by atoms with van der Waals surface area (Å²) in [5, 5.41) is -0.312. The van der Waals surface area contributed by atoms with Crippen LogP contribution in [-0.4, -0.2) is 32.0 Å². The van der Waals surface area contributed by atoms with Gasteiger partial charge in [-0.1, -0.05) is 0 Å². The Morgan fingerprint density at radius 1 is 1.56 bits per heavy atom. The summed E-state index contributed by atoms with van der Waals surface area (Å²) in [7, 11) is 1.61. The molecule has 2 rings (SSSR count). The average molecular weight is 268 g/mol. The lowest BCUT2D eigenvalue weighted by molar-refractivity contribution is -0.142. The van der Waals surface area contributed by atoms with Crippen molar-refractivity contribution in [1.82, 2.24) is 0 Å². The zero-order valence-corrected chi connectivity index (χ0v) is 11.3. The fraction of sp³-hybridized carbons (Fsp3) is 0.462. The molecule has 0 saturated heterocycles. The maximum atomic E-state index is 11.9. The van der Waals surface area contributed by atoms with E-state index in [1.165, 1.54) is 0 Å². The van der Waals surface area contributed by atoms with Crippen molar-refractivity contribution in [3.05, 3.63) is 23.8 Å². The van der Waals surface area contributed by atoms with E-state index in [0.29, 0.717) is 19.0 Å². The predicted octanol–water partition coefficient (Wildman–Crippen LogP) is 2.43. The minimum atomic E-state index is -0.312. The van der Waals surface area contributed by atoms with E-state index in [0.717, 1.165) is 17.1 Å². The van der Waals surface area contributed by atoms with Crippen molar-refractivity contribution >= 4 is 17.7 Å². The van der Waals surface area contributed by atoms with Crippen LogP contribution >= 0.6 is 11.8 Å². The van der Waals surface area contributed by atoms with Crippen molar-refractivity contribution in [2.75, 3.05) is 26.1 Å². The van der Waals surface area contributed by atoms with Crippen molar-refractivity contribution in [3.63, 3.8) is 0 Å². The Morgan fingerprint density at radius 3 is 3.11 bits per heavy atom. The number of ether oxygens (including phenoxy) is 3. The van der Waals surface area contributed by atoms with Crippen LogP contribution in [0, 0.1) is 0 Å². The summed E-state index contributed by atoms with van der Waals surface area (Å²) in [6, 6.07) is 5.52. The topological polar surface area (TPSA) is 44.8 Å². The normalized spacial score (nSPS) is 18.2. The number of benzene rings is 1. The van der Waals surface area contributed by atoms with Gasteiger partial charge in [-0.25, -0.2) is 0 Å². The largest absolute Gasteiger partial charge is 0.497 e. The summed E-state index contributed by atoms with van der Waals surface area (Å²) in [4.78, 5) is 11.9. The first kappa shape index (κ1) is 13.1. The van der Waals surface area contributed by atoms with Gasteiger partial charge in [-0.3, -0.25) is 4.79 Å². The van der Waals surface area contributed by atoms with E-state index in [9.17, 15) is 4.79 Å². The molecule has 0 amide bonds. The highest BCUT2D eigenvalue weighted by molar-refractivity contribution is 8.00. The molecule has 0 radical (unpaired) electrons. The lowest BCUT2D eigenvalue weighted by Gasteiger charge is -2.15. The van der Waals surface area contributed by atoms with Crippen molar-refractivity contribution in [3.8, 4) is 11.5 Å². The molecule has 0 saturated carbocycles. The molecule has 0 spiro atoms. The van der Waals surface area contributed by atoms with Crippen LogP contribution < -0.4 is 9.47 Å². The molecule has 0 aromatic heterocycles. The second kappa shape index (κ2) is 6.00. The molecule has 98 valence electrons. The molecular formula is C13H16O4S. The highest BCUT2D eigenvalue weighted by Gasteiger charge is 2.28. The lowest BCUT2D eigenvalue weighted by Crippen LogP contribution is -2.13. The molecule has 1 aliphatic rings. The molecule has 4 nitrogen and oxygen atoms in total. The van der Waals surface area contributed by atoms with E-state index in [2.05, 4.69) is 0 Å². The second-order valence-electron chi connectivity index (χ2n) is 3.76. The predicted molar refractivity (Wildman–Crippen MR) is 70.3 cm³/mol. The van der Waals surface area contributed by atoms with Crippen LogP contribution in [0.4, 0.5) is 0 Å². The van der Waals surface area contributed by atoms with Crippen LogP contribution in [0.2, 0.25) is 0 Å². The summed E-state index contributed by atoms with van der Waals surface area (Å²) >= 11 is 1.55. The minimum absolute atomic E-state index is 0.209. The van der Waals surface area contributed by atoms with Gasteiger partial charge < -0.3 is 14.2 Å². The first-order chi connectivity index (χ1) is 8.76. The zero-order valence-electron chi connectivity index (χ0n) is 10.5. The number of methoxy groups -OCH3 is 1. The van der Waals surface area contributed by atoms with E-state index < -0.39 is 0 Å². The number of carbonyl (C=O) groups excluding carboxylic acids is 1. The number of fused-ring (bicyclic) bond motifs is 1. The van der Waals surface area contributed by atoms with E-state index in [1.54, 1.807) is 18.9 Å². The van der Waals surface area contributed by atoms with Crippen LogP contribution in [0.3, 0.4) is 0 Å². The number of hydrogen-bond donors (Lipinski definition) is 0. The summed E-state index contributed by atoms with van der Waals surface area (Å²) in [5.74, 6) is 1.99. The summed E-state index contributed by atoms with van der Waals surface area (Å²) in [6.07, 6.45) is 0. The van der Waals surface area contributed by atoms with Crippen molar-refractivity contribution in [1.29, 1.82) is 0 Å². The van der Waals surface area contributed by atoms with Gasteiger partial charge in [0.1, 0.15) is 16.7 Å². The van der Waals surface area contributed by atoms with Crippen LogP contribution in [0.25, 0.3) is 0 Å². The first-order valence-corrected chi connectivity index (χ1v) is 6.90. The third-order valence-corrected chi connectivity index (χ3v) is 3.81. The average Bonchev–Trinajstić information content (AvgIpc) is 2.60. The highest BCUT2D eigenvalue weighted by atomic mass is 32.2. The van der Waals surface area contributed by atoms with Gasteiger partial charge >= 0.3 is 5.97 Å². The number of esters is 1. The summed E-state index contributed by atoms with van der Waals surface area (Å²) < 4.78 is 15.9. The molecule has 0 aliphatic carbocycles. The Balaban J connectivity index is 2.32. The maximum Gasteiger partial charge on any atom is 0.323 e. The number of carbonyl (C=O) groups is 1. The van der Waals surface area contributed by atoms with Crippen LogP contribution in [-0.2, 0) is 9.53 Å². The van der Waals surface area contributed by atoms with Gasteiger partial charge in [0.25, 0.3) is 0 Å². The maximum absolute atomic E-state index is 11.9. The van der Waals surface area contributed by atoms with Gasteiger partial charge in [-0.2, -0.15) is 0 Å². The minimum Gasteiger partial charge on any atom is -0.497 e. The fourth-order valence-corrected chi connectivity index (χ4v) is 2.80. The third kappa shape index (κ3) is 2.72. The number of thioether (sulfide) groups is 1. The molecule has 1 unspecified atom stereocenters. The standard InChI is InChI=1S/C13H16O4S/c1-3-16-13(14)12-10-5-4-9(15-2)8-11(10)17-6-7-18-12/h4-5,8,12H,3,6-7H2,1-2H3. The summed E-state index contributed by atoms with van der Waals surface area (Å²) in [6.45, 7) is 2.79. The molecule has 0 N–H and O–H groups in total. The quantitative estimate of drug-likeness (QED) is 0.788. The second-order valence-corrected chi connectivity index (χ2v) is 4.97. The molecular weight excluding hydrogens is 252 g/mol. The van der Waals surface area contributed by atoms with Crippen LogP contribution in [0.15, 0.2) is 18.2 Å². The van der Waals surface area contributed by atoms with Crippen LogP contribution in [0.1, 0.15) is 17.7 Å². The third-order valence-electron chi connectivity index (χ3n) is 2.63. The van der Waals surface area contributed by atoms with Crippen molar-refractivity contribution < 1.29 is 19.0 Å². The molecule has 1 aromatic rings. The Labute approximate surface area is 111 Å². The lowest BCUT2D eigenvalue weighted by atomic mass is 10.1. The molecule has 1 atom stereocenters. The highest BCUT2D eigenvalue weighted by Crippen LogP contribution is 2.40. The van der Waals surface area contributed by atoms with Crippen molar-refractivity contribution in [2.45, 2.75) is 12.2 Å². The Bertz CT molecular complexity index is 433. The molecule has 1 heterocycles. The van der Waals surface area contributed by atoms with Gasteiger partial charge in [-0.05, 0) is 19.1 Å². The first-order valence-electron chi connectivity index (χ1n) is 5.85. The van der Waals surface area contributed by atoms with Gasteiger partial charge in [0.05, 0.1) is 20.3 Å². The Kier molecular flexibility index (Phi) is 4.36. The molecule has 0 fully saturated rings. The molecule has 5 heteroatoms. The zero-order chi connectivity index (χ0) is 13.0. The number of rotatable bonds is 3. The molecule has 0 bridgehead atoms. The van der Waals surface area contributed by atoms with Gasteiger partial charge in [-0.15, -0.1) is 11.8 Å². The molecule has 1 aromatic carbocycles. The SMILES string of the molecule is CCOC(=O)C1SCCOc2cc(OC)ccc21. The van der Waals surface area contributed by atoms with Crippen molar-refractivity contribution in [2.24, 2.45) is 0 Å². The van der Waals surface area contributed by atoms with Crippen LogP contribution in [0.5, 0.6) is 11.5 Å². The van der Waals surface area contributed by atoms with Gasteiger partial charge in [0.15, 0.2) is 0 Å². The van der Waals surface area contributed by atoms with Gasteiger partial charge in [0, 0.05) is 17.4 Å². The van der Waals surface area contributed by atoms with E-state index in [4.69, 9.17) is 14.2 Å². The van der Waals surface area contributed by atoms with E-state index >= 15 is 0 Å². The monoisotopic (exact) mass is 268 g/mol. The smallest absolute Gasteiger partial charge is 0.323 e. The van der Waals surface area contributed by atoms with E-state index in [-0.39, 0.29) is 11.2 Å².